The van der Waals surface area contributed by atoms with Gasteiger partial charge >= 0.3 is 0 Å². The summed E-state index contributed by atoms with van der Waals surface area (Å²) in [6, 6.07) is 11.3. The summed E-state index contributed by atoms with van der Waals surface area (Å²) in [6.45, 7) is 7.43. The summed E-state index contributed by atoms with van der Waals surface area (Å²) in [5, 5.41) is 22.6. The van der Waals surface area contributed by atoms with Gasteiger partial charge in [-0.1, -0.05) is 51.1 Å². The Hall–Kier alpha value is -7.02. The third kappa shape index (κ3) is 14.5. The Morgan fingerprint density at radius 1 is 0.800 bits per heavy atom. The van der Waals surface area contributed by atoms with Crippen molar-refractivity contribution in [3.05, 3.63) is 114 Å². The molecule has 0 saturated heterocycles. The number of aromatic nitrogens is 2. The van der Waals surface area contributed by atoms with Gasteiger partial charge in [0.1, 0.15) is 42.4 Å². The van der Waals surface area contributed by atoms with E-state index in [2.05, 4.69) is 31.6 Å². The summed E-state index contributed by atoms with van der Waals surface area (Å²) in [5.74, 6) is -6.71. The van der Waals surface area contributed by atoms with Crippen molar-refractivity contribution in [2.24, 2.45) is 11.1 Å². The number of rotatable bonds is 21. The van der Waals surface area contributed by atoms with Crippen LogP contribution in [0.25, 0.3) is 11.1 Å². The molecule has 8 N–H and O–H groups in total. The first-order chi connectivity index (χ1) is 30.7. The number of carbonyl (C=O) groups excluding carboxylic acids is 7. The molecule has 2 heterocycles. The largest absolute Gasteiger partial charge is 0.387 e. The highest BCUT2D eigenvalue weighted by Gasteiger charge is 2.38. The SMILES string of the molecule is CNC(=O)C(CCN(C(=O)CO)C(c1cc(-c2cc(F)ccc2F)cn1Cc1ccccc1)C(C)(C)C)NC(=O)CC(NC(=O)C(C)NC(=O)C(C)NC(=O)Cc1ccncc1)C(N)=O. The number of amides is 7. The Morgan fingerprint density at radius 3 is 2.06 bits per heavy atom. The highest BCUT2D eigenvalue weighted by Crippen LogP contribution is 2.41. The number of likely N-dealkylation sites (N-methyl/N-ethyl adjacent to an activating group) is 1. The van der Waals surface area contributed by atoms with Gasteiger partial charge in [-0.15, -0.1) is 0 Å². The molecular weight excluding hydrogens is 845 g/mol. The number of halogens is 2. The molecule has 0 aliphatic heterocycles. The van der Waals surface area contributed by atoms with Crippen LogP contribution in [0, 0.1) is 17.0 Å². The third-order valence-electron chi connectivity index (χ3n) is 10.5. The standard InChI is InChI=1S/C46H57F2N9O8/c1-27(52-38(59)20-29-14-17-51-18-15-29)43(63)53-28(2)44(64)55-36(42(49)62)23-39(60)54-35(45(65)50-6)16-19-57(40(61)26-58)41(46(3,4)5)37-21-31(33-22-32(47)12-13-34(33)48)25-56(37)24-30-10-8-7-9-11-30/h7-15,17-18,21-22,25,27-28,35-36,41,58H,16,19-20,23-24,26H2,1-6H3,(H2,49,62)(H,50,65)(H,52,59)(H,53,63)(H,54,60)(H,55,64). The third-order valence-corrected chi connectivity index (χ3v) is 10.5. The van der Waals surface area contributed by atoms with Crippen LogP contribution in [0.3, 0.4) is 0 Å². The van der Waals surface area contributed by atoms with Crippen molar-refractivity contribution < 1.29 is 47.4 Å². The number of nitrogens with one attached hydrogen (secondary N) is 5. The van der Waals surface area contributed by atoms with E-state index < -0.39 is 102 Å². The lowest BCUT2D eigenvalue weighted by molar-refractivity contribution is -0.140. The van der Waals surface area contributed by atoms with Crippen LogP contribution >= 0.6 is 0 Å². The normalized spacial score (nSPS) is 13.6. The van der Waals surface area contributed by atoms with Gasteiger partial charge in [-0.05, 0) is 73.2 Å². The first kappa shape index (κ1) is 50.6. The van der Waals surface area contributed by atoms with Crippen molar-refractivity contribution in [3.63, 3.8) is 0 Å². The smallest absolute Gasteiger partial charge is 0.248 e. The molecule has 19 heteroatoms. The zero-order chi connectivity index (χ0) is 48.0. The van der Waals surface area contributed by atoms with Crippen LogP contribution in [0.2, 0.25) is 0 Å². The molecule has 17 nitrogen and oxygen atoms in total. The molecule has 65 heavy (non-hydrogen) atoms. The summed E-state index contributed by atoms with van der Waals surface area (Å²) >= 11 is 0. The van der Waals surface area contributed by atoms with Gasteiger partial charge in [-0.2, -0.15) is 0 Å². The van der Waals surface area contributed by atoms with Crippen molar-refractivity contribution in [1.29, 1.82) is 0 Å². The highest BCUT2D eigenvalue weighted by molar-refractivity contribution is 5.96. The lowest BCUT2D eigenvalue weighted by Gasteiger charge is -2.41. The average Bonchev–Trinajstić information content (AvgIpc) is 3.66. The second-order valence-electron chi connectivity index (χ2n) is 16.6. The van der Waals surface area contributed by atoms with Crippen LogP contribution in [0.5, 0.6) is 0 Å². The van der Waals surface area contributed by atoms with Gasteiger partial charge in [-0.25, -0.2) is 8.78 Å². The van der Waals surface area contributed by atoms with Crippen LogP contribution in [-0.2, 0) is 46.5 Å². The molecule has 0 fully saturated rings. The molecule has 0 radical (unpaired) electrons. The molecular formula is C46H57F2N9O8. The molecule has 5 unspecified atom stereocenters. The van der Waals surface area contributed by atoms with Crippen LogP contribution in [0.1, 0.15) is 70.3 Å². The Kier molecular flexibility index (Phi) is 18.0. The maximum Gasteiger partial charge on any atom is 0.248 e. The predicted molar refractivity (Wildman–Crippen MR) is 236 cm³/mol. The van der Waals surface area contributed by atoms with Gasteiger partial charge in [0.25, 0.3) is 0 Å². The molecule has 7 amide bonds. The predicted octanol–water partition coefficient (Wildman–Crippen LogP) is 2.02. The van der Waals surface area contributed by atoms with E-state index in [0.29, 0.717) is 16.8 Å². The fourth-order valence-corrected chi connectivity index (χ4v) is 7.22. The van der Waals surface area contributed by atoms with Gasteiger partial charge in [0, 0.05) is 55.5 Å². The minimum absolute atomic E-state index is 0.00837. The number of hydrogen-bond acceptors (Lipinski definition) is 9. The molecule has 2 aromatic heterocycles. The lowest BCUT2D eigenvalue weighted by Crippen LogP contribution is -2.56. The van der Waals surface area contributed by atoms with Crippen molar-refractivity contribution >= 4 is 41.4 Å². The number of carbonyl (C=O) groups is 7. The number of nitrogens with two attached hydrogens (primary N) is 1. The van der Waals surface area contributed by atoms with Crippen LogP contribution in [0.4, 0.5) is 8.78 Å². The van der Waals surface area contributed by atoms with E-state index >= 15 is 4.39 Å². The van der Waals surface area contributed by atoms with Crippen molar-refractivity contribution in [1.82, 2.24) is 41.0 Å². The summed E-state index contributed by atoms with van der Waals surface area (Å²) in [7, 11) is 1.33. The summed E-state index contributed by atoms with van der Waals surface area (Å²) in [4.78, 5) is 96.5. The first-order valence-corrected chi connectivity index (χ1v) is 20.9. The van der Waals surface area contributed by atoms with Gasteiger partial charge in [0.2, 0.25) is 41.4 Å². The minimum atomic E-state index is -1.59. The van der Waals surface area contributed by atoms with E-state index in [1.54, 1.807) is 24.4 Å². The minimum Gasteiger partial charge on any atom is -0.387 e. The number of hydrogen-bond donors (Lipinski definition) is 7. The van der Waals surface area contributed by atoms with Gasteiger partial charge in [0.05, 0.1) is 18.9 Å². The Morgan fingerprint density at radius 2 is 1.45 bits per heavy atom. The maximum absolute atomic E-state index is 15.2. The molecule has 4 rings (SSSR count). The Bertz CT molecular complexity index is 2320. The fourth-order valence-electron chi connectivity index (χ4n) is 7.22. The number of nitrogens with zero attached hydrogens (tertiary/aromatic N) is 3. The monoisotopic (exact) mass is 901 g/mol. The lowest BCUT2D eigenvalue weighted by atomic mass is 9.82. The van der Waals surface area contributed by atoms with Crippen molar-refractivity contribution in [3.8, 4) is 11.1 Å². The van der Waals surface area contributed by atoms with E-state index in [4.69, 9.17) is 5.73 Å². The van der Waals surface area contributed by atoms with E-state index in [0.717, 1.165) is 23.8 Å². The van der Waals surface area contributed by atoms with Gasteiger partial charge in [0.15, 0.2) is 0 Å². The quantitative estimate of drug-likeness (QED) is 0.0646. The van der Waals surface area contributed by atoms with E-state index in [9.17, 15) is 43.1 Å². The van der Waals surface area contributed by atoms with E-state index in [-0.39, 0.29) is 31.5 Å². The molecule has 348 valence electrons. The number of aliphatic hydroxyl groups is 1. The van der Waals surface area contributed by atoms with Gasteiger partial charge < -0.3 is 46.9 Å². The molecule has 4 aromatic rings. The Labute approximate surface area is 375 Å². The topological polar surface area (TPSA) is 247 Å². The van der Waals surface area contributed by atoms with E-state index in [1.807, 2.05) is 55.7 Å². The van der Waals surface area contributed by atoms with Crippen LogP contribution in [0.15, 0.2) is 85.3 Å². The average molecular weight is 902 g/mol. The summed E-state index contributed by atoms with van der Waals surface area (Å²) < 4.78 is 31.4. The molecule has 0 spiro atoms. The van der Waals surface area contributed by atoms with Gasteiger partial charge in [-0.3, -0.25) is 38.5 Å². The zero-order valence-electron chi connectivity index (χ0n) is 37.2. The number of pyridine rings is 1. The molecule has 0 bridgehead atoms. The molecule has 0 aliphatic rings. The molecule has 5 atom stereocenters. The number of primary amides is 1. The summed E-state index contributed by atoms with van der Waals surface area (Å²) in [6.07, 6.45) is 3.77. The Balaban J connectivity index is 1.51. The van der Waals surface area contributed by atoms with Crippen molar-refractivity contribution in [2.45, 2.75) is 90.6 Å². The molecule has 0 saturated carbocycles. The molecule has 0 aliphatic carbocycles. The fraction of sp³-hybridized carbons (Fsp3) is 0.391. The molecule has 2 aromatic carbocycles. The van der Waals surface area contributed by atoms with E-state index in [1.165, 1.54) is 38.2 Å². The summed E-state index contributed by atoms with van der Waals surface area (Å²) in [5.41, 5.74) is 7.14. The van der Waals surface area contributed by atoms with Crippen LogP contribution in [-0.4, -0.2) is 105 Å². The highest BCUT2D eigenvalue weighted by atomic mass is 19.1. The second-order valence-corrected chi connectivity index (χ2v) is 16.6. The number of benzene rings is 2. The second kappa shape index (κ2) is 23.1. The maximum atomic E-state index is 15.2. The first-order valence-electron chi connectivity index (χ1n) is 20.9. The van der Waals surface area contributed by atoms with Crippen LogP contribution < -0.4 is 32.3 Å². The van der Waals surface area contributed by atoms with Crippen molar-refractivity contribution in [2.75, 3.05) is 20.2 Å². The zero-order valence-corrected chi connectivity index (χ0v) is 37.2. The number of aliphatic hydroxyl groups excluding tert-OH is 1.